The average Bonchev–Trinajstić information content (AvgIpc) is 3.57. The highest BCUT2D eigenvalue weighted by molar-refractivity contribution is 7.18. The zero-order valence-electron chi connectivity index (χ0n) is 19.5. The van der Waals surface area contributed by atoms with E-state index in [0.717, 1.165) is 58.8 Å². The number of H-pyrrole nitrogens is 1. The molecule has 1 aliphatic rings. The van der Waals surface area contributed by atoms with Crippen LogP contribution in [0.15, 0.2) is 42.6 Å². The number of anilines is 3. The van der Waals surface area contributed by atoms with E-state index in [-0.39, 0.29) is 11.8 Å². The van der Waals surface area contributed by atoms with E-state index in [1.165, 1.54) is 11.3 Å². The van der Waals surface area contributed by atoms with Gasteiger partial charge in [-0.3, -0.25) is 9.89 Å². The van der Waals surface area contributed by atoms with Crippen LogP contribution >= 0.6 is 22.9 Å². The Morgan fingerprint density at radius 3 is 2.58 bits per heavy atom. The van der Waals surface area contributed by atoms with Gasteiger partial charge in [-0.05, 0) is 50.2 Å². The molecule has 0 aliphatic carbocycles. The van der Waals surface area contributed by atoms with Crippen molar-refractivity contribution >= 4 is 62.2 Å². The summed E-state index contributed by atoms with van der Waals surface area (Å²) in [5, 5.41) is 34.9. The largest absolute Gasteiger partial charge is 0.490 e. The highest BCUT2D eigenvalue weighted by Gasteiger charge is 2.38. The fourth-order valence-electron chi connectivity index (χ4n) is 3.64. The van der Waals surface area contributed by atoms with Crippen molar-refractivity contribution in [1.29, 1.82) is 0 Å². The van der Waals surface area contributed by atoms with E-state index in [4.69, 9.17) is 21.5 Å². The Kier molecular flexibility index (Phi) is 8.44. The first kappa shape index (κ1) is 27.3. The smallest absolute Gasteiger partial charge is 0.475 e. The zero-order valence-corrected chi connectivity index (χ0v) is 21.0. The molecule has 2 aromatic heterocycles. The van der Waals surface area contributed by atoms with Crippen LogP contribution in [0.5, 0.6) is 0 Å². The number of aromatic amines is 1. The number of rotatable bonds is 5. The van der Waals surface area contributed by atoms with E-state index in [1.54, 1.807) is 6.20 Å². The summed E-state index contributed by atoms with van der Waals surface area (Å²) < 4.78 is 31.7. The van der Waals surface area contributed by atoms with Gasteiger partial charge in [-0.2, -0.15) is 18.3 Å². The Hall–Kier alpha value is -3.75. The minimum Gasteiger partial charge on any atom is -0.475 e. The van der Waals surface area contributed by atoms with Crippen LogP contribution in [0.4, 0.5) is 29.7 Å². The molecule has 0 unspecified atom stereocenters. The number of carbonyl (C=O) groups is 2. The molecule has 38 heavy (non-hydrogen) atoms. The van der Waals surface area contributed by atoms with E-state index in [0.29, 0.717) is 10.2 Å². The van der Waals surface area contributed by atoms with Crippen LogP contribution in [0.1, 0.15) is 12.8 Å². The van der Waals surface area contributed by atoms with Crippen LogP contribution in [0.25, 0.3) is 21.5 Å². The van der Waals surface area contributed by atoms with Crippen molar-refractivity contribution in [3.63, 3.8) is 0 Å². The van der Waals surface area contributed by atoms with Crippen LogP contribution in [-0.4, -0.2) is 56.6 Å². The van der Waals surface area contributed by atoms with Crippen molar-refractivity contribution in [3.05, 3.63) is 47.6 Å². The lowest BCUT2D eigenvalue weighted by molar-refractivity contribution is -0.192. The van der Waals surface area contributed by atoms with Gasteiger partial charge in [-0.25, -0.2) is 4.79 Å². The first-order valence-electron chi connectivity index (χ1n) is 11.3. The number of aliphatic carboxylic acids is 1. The van der Waals surface area contributed by atoms with Gasteiger partial charge in [0.15, 0.2) is 0 Å². The maximum absolute atomic E-state index is 12.5. The van der Waals surface area contributed by atoms with Gasteiger partial charge in [0.1, 0.15) is 5.01 Å². The molecule has 0 spiro atoms. The lowest BCUT2D eigenvalue weighted by Crippen LogP contribution is -2.34. The standard InChI is InChI=1S/C21H20ClN7OS.C2HF3O2/c22-18-15-11-24-27-16(15)4-5-17(18)26-21-29-28-20(31-21)13-2-1-3-14(10-13)25-19(30)12-6-8-23-9-7-12;3-2(4,5)1(6)7/h1-5,10-12,23H,6-9H2,(H,24,27)(H,25,30)(H,26,29);(H,6,7). The summed E-state index contributed by atoms with van der Waals surface area (Å²) in [5.41, 5.74) is 3.27. The molecule has 0 bridgehead atoms. The summed E-state index contributed by atoms with van der Waals surface area (Å²) >= 11 is 7.90. The van der Waals surface area contributed by atoms with E-state index < -0.39 is 12.1 Å². The third kappa shape index (κ3) is 6.76. The number of piperidine rings is 1. The number of benzene rings is 2. The Morgan fingerprint density at radius 1 is 1.13 bits per heavy atom. The topological polar surface area (TPSA) is 145 Å². The fourth-order valence-corrected chi connectivity index (χ4v) is 4.66. The zero-order chi connectivity index (χ0) is 27.3. The van der Waals surface area contributed by atoms with Crippen molar-refractivity contribution in [1.82, 2.24) is 25.7 Å². The van der Waals surface area contributed by atoms with E-state index in [9.17, 15) is 18.0 Å². The van der Waals surface area contributed by atoms with Crippen molar-refractivity contribution in [2.75, 3.05) is 23.7 Å². The SMILES string of the molecule is O=C(Nc1cccc(-c2nnc(Nc3ccc4[nH]ncc4c3Cl)s2)c1)C1CCNCC1.O=C(O)C(F)(F)F. The van der Waals surface area contributed by atoms with Gasteiger partial charge in [-0.1, -0.05) is 35.1 Å². The number of fused-ring (bicyclic) bond motifs is 1. The summed E-state index contributed by atoms with van der Waals surface area (Å²) in [6.45, 7) is 1.77. The molecule has 4 aromatic rings. The monoisotopic (exact) mass is 567 g/mol. The lowest BCUT2D eigenvalue weighted by atomic mass is 9.97. The van der Waals surface area contributed by atoms with E-state index in [2.05, 4.69) is 36.3 Å². The van der Waals surface area contributed by atoms with Crippen LogP contribution in [0.2, 0.25) is 5.02 Å². The predicted molar refractivity (Wildman–Crippen MR) is 138 cm³/mol. The maximum atomic E-state index is 12.5. The normalized spacial score (nSPS) is 14.0. The lowest BCUT2D eigenvalue weighted by Gasteiger charge is -2.21. The van der Waals surface area contributed by atoms with E-state index in [1.807, 2.05) is 36.4 Å². The number of aromatic nitrogens is 4. The molecule has 200 valence electrons. The maximum Gasteiger partial charge on any atom is 0.490 e. The van der Waals surface area contributed by atoms with Crippen LogP contribution in [0, 0.1) is 5.92 Å². The second kappa shape index (κ2) is 11.8. The molecule has 3 heterocycles. The van der Waals surface area contributed by atoms with Gasteiger partial charge >= 0.3 is 12.1 Å². The molecule has 10 nitrogen and oxygen atoms in total. The minimum atomic E-state index is -5.08. The molecule has 0 atom stereocenters. The van der Waals surface area contributed by atoms with Crippen molar-refractivity contribution in [3.8, 4) is 10.6 Å². The summed E-state index contributed by atoms with van der Waals surface area (Å²) in [7, 11) is 0. The van der Waals surface area contributed by atoms with Crippen molar-refractivity contribution in [2.24, 2.45) is 5.92 Å². The van der Waals surface area contributed by atoms with Gasteiger partial charge in [-0.15, -0.1) is 10.2 Å². The summed E-state index contributed by atoms with van der Waals surface area (Å²) in [6, 6.07) is 11.5. The number of amides is 1. The highest BCUT2D eigenvalue weighted by Crippen LogP contribution is 2.35. The number of alkyl halides is 3. The first-order valence-corrected chi connectivity index (χ1v) is 12.5. The predicted octanol–water partition coefficient (Wildman–Crippen LogP) is 5.05. The molecule has 5 N–H and O–H groups in total. The summed E-state index contributed by atoms with van der Waals surface area (Å²) in [4.78, 5) is 21.4. The number of hydrogen-bond acceptors (Lipinski definition) is 8. The minimum absolute atomic E-state index is 0.0551. The third-order valence-electron chi connectivity index (χ3n) is 5.55. The molecule has 1 fully saturated rings. The van der Waals surface area contributed by atoms with Gasteiger partial charge < -0.3 is 21.1 Å². The Bertz CT molecular complexity index is 1440. The van der Waals surface area contributed by atoms with Gasteiger partial charge in [0.05, 0.1) is 22.4 Å². The molecular weight excluding hydrogens is 547 g/mol. The van der Waals surface area contributed by atoms with Gasteiger partial charge in [0.25, 0.3) is 0 Å². The first-order chi connectivity index (χ1) is 18.1. The molecule has 1 saturated heterocycles. The van der Waals surface area contributed by atoms with Crippen molar-refractivity contribution in [2.45, 2.75) is 19.0 Å². The molecule has 15 heteroatoms. The van der Waals surface area contributed by atoms with E-state index >= 15 is 0 Å². The number of carbonyl (C=O) groups excluding carboxylic acids is 1. The van der Waals surface area contributed by atoms with Gasteiger partial charge in [0.2, 0.25) is 11.0 Å². The number of carboxylic acid groups (broad SMARTS) is 1. The molecule has 2 aromatic carbocycles. The molecule has 1 amide bonds. The molecule has 1 aliphatic heterocycles. The third-order valence-corrected chi connectivity index (χ3v) is 6.85. The quantitative estimate of drug-likeness (QED) is 0.225. The average molecular weight is 568 g/mol. The summed E-state index contributed by atoms with van der Waals surface area (Å²) in [5.74, 6) is -2.63. The number of nitrogens with one attached hydrogen (secondary N) is 4. The Balaban J connectivity index is 0.000000426. The number of halogens is 4. The van der Waals surface area contributed by atoms with Crippen LogP contribution in [-0.2, 0) is 9.59 Å². The molecular formula is C23H21ClF3N7O3S. The highest BCUT2D eigenvalue weighted by atomic mass is 35.5. The van der Waals surface area contributed by atoms with Crippen LogP contribution < -0.4 is 16.0 Å². The fraction of sp³-hybridized carbons (Fsp3) is 0.261. The summed E-state index contributed by atoms with van der Waals surface area (Å²) in [6.07, 6.45) is -1.66. The Morgan fingerprint density at radius 2 is 1.87 bits per heavy atom. The van der Waals surface area contributed by atoms with Gasteiger partial charge in [0, 0.05) is 22.6 Å². The number of nitrogens with zero attached hydrogens (tertiary/aromatic N) is 3. The molecule has 0 radical (unpaired) electrons. The van der Waals surface area contributed by atoms with Crippen LogP contribution in [0.3, 0.4) is 0 Å². The second-order valence-electron chi connectivity index (χ2n) is 8.19. The van der Waals surface area contributed by atoms with Crippen molar-refractivity contribution < 1.29 is 27.9 Å². The molecule has 0 saturated carbocycles. The number of carboxylic acids is 1. The Labute approximate surface area is 222 Å². The number of hydrogen-bond donors (Lipinski definition) is 5. The molecule has 5 rings (SSSR count). The second-order valence-corrected chi connectivity index (χ2v) is 9.55.